The molecule has 2 amide bonds. The number of hydrogen-bond acceptors (Lipinski definition) is 7. The third kappa shape index (κ3) is 6.61. The lowest BCUT2D eigenvalue weighted by atomic mass is 9.98. The lowest BCUT2D eigenvalue weighted by Crippen LogP contribution is -2.45. The molecule has 1 heterocycles. The van der Waals surface area contributed by atoms with Crippen molar-refractivity contribution in [3.8, 4) is 11.1 Å². The van der Waals surface area contributed by atoms with E-state index in [-0.39, 0.29) is 30.5 Å². The molecule has 3 N–H and O–H groups in total. The Morgan fingerprint density at radius 2 is 1.45 bits per heavy atom. The molecule has 1 atom stereocenters. The summed E-state index contributed by atoms with van der Waals surface area (Å²) in [6.45, 7) is 0.0206. The Morgan fingerprint density at radius 3 is 2.07 bits per heavy atom. The van der Waals surface area contributed by atoms with Crippen LogP contribution in [0.15, 0.2) is 97.2 Å². The van der Waals surface area contributed by atoms with Crippen LogP contribution in [-0.2, 0) is 25.7 Å². The number of hydrogen-bond donors (Lipinski definition) is 3. The number of alkyl carbamates (subject to hydrolysis) is 1. The minimum absolute atomic E-state index is 0.000469. The van der Waals surface area contributed by atoms with Crippen molar-refractivity contribution in [2.45, 2.75) is 25.0 Å². The predicted octanol–water partition coefficient (Wildman–Crippen LogP) is 4.76. The first-order valence-corrected chi connectivity index (χ1v) is 13.2. The first kappa shape index (κ1) is 28.0. The average Bonchev–Trinajstić information content (AvgIpc) is 3.33. The molecule has 5 rings (SSSR count). The van der Waals surface area contributed by atoms with Crippen molar-refractivity contribution in [1.82, 2.24) is 10.3 Å². The van der Waals surface area contributed by atoms with Gasteiger partial charge in [0.05, 0.1) is 18.3 Å². The maximum absolute atomic E-state index is 13.1. The fourth-order valence-electron chi connectivity index (χ4n) is 4.78. The number of pyridine rings is 1. The number of amides is 2. The first-order chi connectivity index (χ1) is 20.4. The number of carboxylic acid groups (broad SMARTS) is 1. The van der Waals surface area contributed by atoms with E-state index in [0.29, 0.717) is 0 Å². The molecule has 4 aromatic rings. The van der Waals surface area contributed by atoms with Crippen LogP contribution in [0.25, 0.3) is 11.1 Å². The van der Waals surface area contributed by atoms with Gasteiger partial charge in [0.15, 0.2) is 0 Å². The summed E-state index contributed by atoms with van der Waals surface area (Å²) in [5.74, 6) is -2.85. The standard InChI is InChI=1S/C32H27N3O7/c36-29(41-18-20-8-2-1-3-9-20)16-28(30(37)34-21-14-15-27(31(38)39)33-17-21)35-32(40)42-19-26-24-12-6-4-10-22(24)23-11-5-7-13-25(23)26/h1-15,17,26,28H,16,18-19H2,(H,34,37)(H,35,40)(H,38,39)/t28-/m0/s1. The van der Waals surface area contributed by atoms with E-state index in [1.54, 1.807) is 12.1 Å². The van der Waals surface area contributed by atoms with Gasteiger partial charge in [0.1, 0.15) is 24.9 Å². The van der Waals surface area contributed by atoms with Gasteiger partial charge in [-0.05, 0) is 39.9 Å². The largest absolute Gasteiger partial charge is 0.477 e. The Labute approximate surface area is 241 Å². The molecule has 0 fully saturated rings. The Morgan fingerprint density at radius 1 is 0.810 bits per heavy atom. The van der Waals surface area contributed by atoms with Crippen molar-refractivity contribution >= 4 is 29.6 Å². The third-order valence-corrected chi connectivity index (χ3v) is 6.82. The summed E-state index contributed by atoms with van der Waals surface area (Å²) >= 11 is 0. The van der Waals surface area contributed by atoms with E-state index in [0.717, 1.165) is 27.8 Å². The fraction of sp³-hybridized carbons (Fsp3) is 0.156. The minimum Gasteiger partial charge on any atom is -0.477 e. The number of esters is 1. The average molecular weight is 566 g/mol. The van der Waals surface area contributed by atoms with Gasteiger partial charge in [0.25, 0.3) is 0 Å². The number of rotatable bonds is 10. The molecular weight excluding hydrogens is 538 g/mol. The SMILES string of the molecule is O=C(C[C@H](NC(=O)OCC1c2ccccc2-c2ccccc21)C(=O)Nc1ccc(C(=O)O)nc1)OCc1ccccc1. The highest BCUT2D eigenvalue weighted by Gasteiger charge is 2.30. The maximum Gasteiger partial charge on any atom is 0.407 e. The van der Waals surface area contributed by atoms with Gasteiger partial charge in [-0.25, -0.2) is 14.6 Å². The van der Waals surface area contributed by atoms with Gasteiger partial charge < -0.3 is 25.2 Å². The lowest BCUT2D eigenvalue weighted by Gasteiger charge is -2.19. The number of anilines is 1. The smallest absolute Gasteiger partial charge is 0.407 e. The van der Waals surface area contributed by atoms with Gasteiger partial charge in [0.2, 0.25) is 5.91 Å². The molecule has 0 saturated heterocycles. The summed E-state index contributed by atoms with van der Waals surface area (Å²) in [5.41, 5.74) is 4.95. The number of ether oxygens (including phenoxy) is 2. The number of carbonyl (C=O) groups excluding carboxylic acids is 3. The van der Waals surface area contributed by atoms with E-state index in [2.05, 4.69) is 15.6 Å². The van der Waals surface area contributed by atoms with Crippen LogP contribution in [0.2, 0.25) is 0 Å². The number of nitrogens with zero attached hydrogens (tertiary/aromatic N) is 1. The van der Waals surface area contributed by atoms with E-state index in [4.69, 9.17) is 14.6 Å². The van der Waals surface area contributed by atoms with Gasteiger partial charge >= 0.3 is 18.0 Å². The molecule has 0 radical (unpaired) electrons. The predicted molar refractivity (Wildman–Crippen MR) is 153 cm³/mol. The van der Waals surface area contributed by atoms with Gasteiger partial charge in [-0.3, -0.25) is 9.59 Å². The molecule has 10 nitrogen and oxygen atoms in total. The molecule has 0 saturated carbocycles. The highest BCUT2D eigenvalue weighted by Crippen LogP contribution is 2.44. The van der Waals surface area contributed by atoms with Gasteiger partial charge in [-0.1, -0.05) is 78.9 Å². The normalized spacial score (nSPS) is 12.4. The van der Waals surface area contributed by atoms with Crippen LogP contribution < -0.4 is 10.6 Å². The zero-order valence-corrected chi connectivity index (χ0v) is 22.4. The molecule has 0 aliphatic heterocycles. The van der Waals surface area contributed by atoms with E-state index in [1.165, 1.54) is 18.3 Å². The molecule has 0 spiro atoms. The molecular formula is C32H27N3O7. The number of carbonyl (C=O) groups is 4. The van der Waals surface area contributed by atoms with Crippen molar-refractivity contribution in [2.75, 3.05) is 11.9 Å². The highest BCUT2D eigenvalue weighted by molar-refractivity contribution is 5.98. The third-order valence-electron chi connectivity index (χ3n) is 6.82. The second kappa shape index (κ2) is 12.8. The summed E-state index contributed by atoms with van der Waals surface area (Å²) in [4.78, 5) is 53.6. The van der Waals surface area contributed by atoms with Gasteiger partial charge in [-0.2, -0.15) is 0 Å². The van der Waals surface area contributed by atoms with Crippen molar-refractivity contribution in [3.63, 3.8) is 0 Å². The van der Waals surface area contributed by atoms with Crippen molar-refractivity contribution in [3.05, 3.63) is 120 Å². The van der Waals surface area contributed by atoms with E-state index in [9.17, 15) is 19.2 Å². The first-order valence-electron chi connectivity index (χ1n) is 13.2. The molecule has 0 unspecified atom stereocenters. The van der Waals surface area contributed by atoms with Crippen LogP contribution in [-0.4, -0.2) is 46.7 Å². The second-order valence-corrected chi connectivity index (χ2v) is 9.60. The lowest BCUT2D eigenvalue weighted by molar-refractivity contribution is -0.146. The Hall–Kier alpha value is -5.51. The number of aromatic carboxylic acids is 1. The molecule has 1 aliphatic rings. The summed E-state index contributed by atoms with van der Waals surface area (Å²) in [6, 6.07) is 26.1. The Balaban J connectivity index is 1.26. The van der Waals surface area contributed by atoms with Crippen LogP contribution in [0.4, 0.5) is 10.5 Å². The fourth-order valence-corrected chi connectivity index (χ4v) is 4.78. The van der Waals surface area contributed by atoms with Gasteiger partial charge in [0, 0.05) is 5.92 Å². The van der Waals surface area contributed by atoms with Crippen molar-refractivity contribution in [1.29, 1.82) is 0 Å². The Kier molecular flexibility index (Phi) is 8.53. The van der Waals surface area contributed by atoms with E-state index >= 15 is 0 Å². The number of nitrogens with one attached hydrogen (secondary N) is 2. The van der Waals surface area contributed by atoms with Crippen molar-refractivity contribution in [2.24, 2.45) is 0 Å². The van der Waals surface area contributed by atoms with Crippen LogP contribution in [0, 0.1) is 0 Å². The number of carboxylic acids is 1. The summed E-state index contributed by atoms with van der Waals surface area (Å²) in [5, 5.41) is 14.1. The molecule has 1 aromatic heterocycles. The van der Waals surface area contributed by atoms with Crippen molar-refractivity contribution < 1.29 is 33.8 Å². The topological polar surface area (TPSA) is 144 Å². The molecule has 1 aliphatic carbocycles. The second-order valence-electron chi connectivity index (χ2n) is 9.60. The Bertz CT molecular complexity index is 1560. The molecule has 10 heteroatoms. The highest BCUT2D eigenvalue weighted by atomic mass is 16.5. The number of aromatic nitrogens is 1. The molecule has 212 valence electrons. The molecule has 3 aromatic carbocycles. The van der Waals surface area contributed by atoms with Gasteiger partial charge in [-0.15, -0.1) is 0 Å². The summed E-state index contributed by atoms with van der Waals surface area (Å²) in [7, 11) is 0. The zero-order valence-electron chi connectivity index (χ0n) is 22.4. The minimum atomic E-state index is -1.34. The monoisotopic (exact) mass is 565 g/mol. The number of benzene rings is 3. The molecule has 0 bridgehead atoms. The van der Waals surface area contributed by atoms with Crippen LogP contribution in [0.1, 0.15) is 39.5 Å². The number of fused-ring (bicyclic) bond motifs is 3. The molecule has 42 heavy (non-hydrogen) atoms. The quantitative estimate of drug-likeness (QED) is 0.234. The maximum atomic E-state index is 13.1. The van der Waals surface area contributed by atoms with E-state index < -0.39 is 36.4 Å². The summed E-state index contributed by atoms with van der Waals surface area (Å²) in [6.07, 6.45) is -0.185. The summed E-state index contributed by atoms with van der Waals surface area (Å²) < 4.78 is 10.9. The zero-order chi connectivity index (χ0) is 29.5. The van der Waals surface area contributed by atoms with E-state index in [1.807, 2.05) is 66.7 Å². The van der Waals surface area contributed by atoms with Crippen LogP contribution in [0.5, 0.6) is 0 Å². The van der Waals surface area contributed by atoms with Crippen LogP contribution in [0.3, 0.4) is 0 Å². The van der Waals surface area contributed by atoms with Crippen LogP contribution >= 0.6 is 0 Å².